The summed E-state index contributed by atoms with van der Waals surface area (Å²) in [6.45, 7) is 5.27. The minimum atomic E-state index is -1.42. The van der Waals surface area contributed by atoms with Crippen LogP contribution in [0.25, 0.3) is 0 Å². The normalized spacial score (nSPS) is 34.0. The largest absolute Gasteiger partial charge is 0.392 e. The lowest BCUT2D eigenvalue weighted by Crippen LogP contribution is -2.55. The Morgan fingerprint density at radius 2 is 1.96 bits per heavy atom. The monoisotopic (exact) mass is 391 g/mol. The molecule has 0 radical (unpaired) electrons. The summed E-state index contributed by atoms with van der Waals surface area (Å²) in [5.41, 5.74) is -0.309. The molecule has 1 aromatic rings. The van der Waals surface area contributed by atoms with E-state index in [1.54, 1.807) is 25.1 Å². The Hall–Kier alpha value is -1.96. The zero-order valence-electron chi connectivity index (χ0n) is 15.3. The van der Waals surface area contributed by atoms with Crippen LogP contribution in [0.3, 0.4) is 0 Å². The first kappa shape index (κ1) is 18.4. The van der Waals surface area contributed by atoms with Crippen molar-refractivity contribution in [2.24, 2.45) is 11.8 Å². The number of aliphatic hydroxyl groups is 1. The summed E-state index contributed by atoms with van der Waals surface area (Å²) < 4.78 is 0. The van der Waals surface area contributed by atoms with Crippen molar-refractivity contribution in [3.63, 3.8) is 0 Å². The Morgan fingerprint density at radius 1 is 1.26 bits per heavy atom. The highest BCUT2D eigenvalue weighted by Crippen LogP contribution is 2.54. The van der Waals surface area contributed by atoms with Crippen LogP contribution in [0.5, 0.6) is 0 Å². The fourth-order valence-corrected chi connectivity index (χ4v) is 4.93. The molecule has 3 N–H and O–H groups in total. The van der Waals surface area contributed by atoms with Crippen LogP contribution >= 0.6 is 11.6 Å². The van der Waals surface area contributed by atoms with Crippen LogP contribution in [0.4, 0.5) is 5.69 Å². The van der Waals surface area contributed by atoms with Crippen LogP contribution in [0, 0.1) is 11.8 Å². The van der Waals surface area contributed by atoms with Crippen molar-refractivity contribution in [1.29, 1.82) is 0 Å². The second-order valence-electron chi connectivity index (χ2n) is 7.67. The average molecular weight is 392 g/mol. The van der Waals surface area contributed by atoms with E-state index in [1.807, 2.05) is 13.8 Å². The van der Waals surface area contributed by atoms with Crippen molar-refractivity contribution >= 4 is 35.0 Å². The molecule has 3 heterocycles. The molecule has 0 aromatic heterocycles. The molecule has 1 spiro atoms. The third kappa shape index (κ3) is 2.25. The van der Waals surface area contributed by atoms with E-state index in [0.29, 0.717) is 22.7 Å². The van der Waals surface area contributed by atoms with E-state index in [9.17, 15) is 19.5 Å². The molecule has 8 heteroatoms. The quantitative estimate of drug-likeness (QED) is 0.673. The zero-order chi connectivity index (χ0) is 19.7. The highest BCUT2D eigenvalue weighted by molar-refractivity contribution is 6.31. The van der Waals surface area contributed by atoms with E-state index in [4.69, 9.17) is 11.6 Å². The smallest absolute Gasteiger partial charge is 0.250 e. The number of halogens is 1. The molecule has 144 valence electrons. The maximum Gasteiger partial charge on any atom is 0.250 e. The summed E-state index contributed by atoms with van der Waals surface area (Å²) in [4.78, 5) is 40.8. The zero-order valence-corrected chi connectivity index (χ0v) is 16.1. The van der Waals surface area contributed by atoms with Gasteiger partial charge in [0.1, 0.15) is 5.54 Å². The van der Waals surface area contributed by atoms with Gasteiger partial charge in [0, 0.05) is 28.4 Å². The summed E-state index contributed by atoms with van der Waals surface area (Å²) in [6, 6.07) is 4.00. The number of aliphatic hydroxyl groups excluding tert-OH is 1. The molecule has 27 heavy (non-hydrogen) atoms. The molecule has 1 aromatic carbocycles. The number of carbonyl (C=O) groups excluding carboxylic acids is 3. The average Bonchev–Trinajstić information content (AvgIpc) is 3.20. The molecule has 2 fully saturated rings. The second-order valence-corrected chi connectivity index (χ2v) is 8.11. The van der Waals surface area contributed by atoms with Crippen LogP contribution in [0.2, 0.25) is 5.02 Å². The molecule has 2 saturated heterocycles. The third-order valence-electron chi connectivity index (χ3n) is 6.20. The standard InChI is InChI=1S/C19H22ClN3O4/c1-4-8(2)23-16(25)13-14(17(23)26)19(22-15(13)9(3)24)11-7-10(20)5-6-12(11)21-18(19)27/h5-9,13-15,22,24H,4H2,1-3H3,(H,21,27)/t8-,9-,13-,14-,15-,19+/m0/s1. The minimum Gasteiger partial charge on any atom is -0.392 e. The first-order chi connectivity index (χ1) is 12.7. The van der Waals surface area contributed by atoms with Gasteiger partial charge in [-0.05, 0) is 38.5 Å². The number of fused-ring (bicyclic) bond motifs is 4. The number of nitrogens with zero attached hydrogens (tertiary/aromatic N) is 1. The number of benzene rings is 1. The van der Waals surface area contributed by atoms with Gasteiger partial charge in [-0.25, -0.2) is 0 Å². The molecule has 0 saturated carbocycles. The van der Waals surface area contributed by atoms with Crippen molar-refractivity contribution in [1.82, 2.24) is 10.2 Å². The number of nitrogens with one attached hydrogen (secondary N) is 2. The number of carbonyl (C=O) groups is 3. The predicted octanol–water partition coefficient (Wildman–Crippen LogP) is 1.24. The molecule has 3 aliphatic heterocycles. The summed E-state index contributed by atoms with van der Waals surface area (Å²) >= 11 is 6.16. The number of imide groups is 1. The van der Waals surface area contributed by atoms with Gasteiger partial charge in [0.05, 0.1) is 17.9 Å². The fraction of sp³-hybridized carbons (Fsp3) is 0.526. The molecule has 3 aliphatic rings. The summed E-state index contributed by atoms with van der Waals surface area (Å²) in [6.07, 6.45) is -0.299. The van der Waals surface area contributed by atoms with E-state index >= 15 is 0 Å². The lowest BCUT2D eigenvalue weighted by Gasteiger charge is -2.31. The van der Waals surface area contributed by atoms with Crippen molar-refractivity contribution in [2.75, 3.05) is 5.32 Å². The molecule has 0 unspecified atom stereocenters. The van der Waals surface area contributed by atoms with Gasteiger partial charge >= 0.3 is 0 Å². The Kier molecular flexibility index (Phi) is 4.10. The molecule has 0 aliphatic carbocycles. The van der Waals surface area contributed by atoms with E-state index in [0.717, 1.165) is 0 Å². The maximum absolute atomic E-state index is 13.3. The third-order valence-corrected chi connectivity index (χ3v) is 6.43. The van der Waals surface area contributed by atoms with Crippen LogP contribution in [-0.2, 0) is 19.9 Å². The van der Waals surface area contributed by atoms with Gasteiger partial charge in [-0.1, -0.05) is 18.5 Å². The number of anilines is 1. The Balaban J connectivity index is 1.92. The first-order valence-electron chi connectivity index (χ1n) is 9.18. The van der Waals surface area contributed by atoms with Gasteiger partial charge in [-0.15, -0.1) is 0 Å². The van der Waals surface area contributed by atoms with E-state index in [1.165, 1.54) is 4.90 Å². The molecular formula is C19H22ClN3O4. The summed E-state index contributed by atoms with van der Waals surface area (Å²) in [5, 5.41) is 16.7. The molecule has 7 nitrogen and oxygen atoms in total. The molecule has 0 bridgehead atoms. The summed E-state index contributed by atoms with van der Waals surface area (Å²) in [7, 11) is 0. The van der Waals surface area contributed by atoms with Gasteiger partial charge in [0.15, 0.2) is 0 Å². The van der Waals surface area contributed by atoms with Crippen molar-refractivity contribution in [3.8, 4) is 0 Å². The highest BCUT2D eigenvalue weighted by Gasteiger charge is 2.71. The number of hydrogen-bond donors (Lipinski definition) is 3. The lowest BCUT2D eigenvalue weighted by molar-refractivity contribution is -0.145. The number of rotatable bonds is 3. The van der Waals surface area contributed by atoms with E-state index in [2.05, 4.69) is 10.6 Å². The summed E-state index contributed by atoms with van der Waals surface area (Å²) in [5.74, 6) is -2.83. The van der Waals surface area contributed by atoms with Gasteiger partial charge in [-0.3, -0.25) is 24.6 Å². The van der Waals surface area contributed by atoms with Crippen LogP contribution < -0.4 is 10.6 Å². The molecule has 6 atom stereocenters. The van der Waals surface area contributed by atoms with E-state index < -0.39 is 35.4 Å². The molecular weight excluding hydrogens is 370 g/mol. The number of amides is 3. The molecule has 3 amide bonds. The van der Waals surface area contributed by atoms with Crippen LogP contribution in [0.1, 0.15) is 32.8 Å². The predicted molar refractivity (Wildman–Crippen MR) is 99.0 cm³/mol. The first-order valence-corrected chi connectivity index (χ1v) is 9.56. The SMILES string of the molecule is CC[C@H](C)N1C(=O)[C@@H]2[C@H]([C@H](C)O)N[C@@]3(C(=O)Nc4ccc(Cl)cc43)[C@@H]2C1=O. The maximum atomic E-state index is 13.3. The van der Waals surface area contributed by atoms with Gasteiger partial charge in [0.25, 0.3) is 0 Å². The van der Waals surface area contributed by atoms with Crippen LogP contribution in [-0.4, -0.2) is 45.9 Å². The van der Waals surface area contributed by atoms with E-state index in [-0.39, 0.29) is 17.9 Å². The Bertz CT molecular complexity index is 857. The van der Waals surface area contributed by atoms with Crippen molar-refractivity contribution in [2.45, 2.75) is 50.9 Å². The number of likely N-dealkylation sites (tertiary alicyclic amines) is 1. The second kappa shape index (κ2) is 6.02. The topological polar surface area (TPSA) is 98.7 Å². The van der Waals surface area contributed by atoms with Crippen molar-refractivity contribution in [3.05, 3.63) is 28.8 Å². The minimum absolute atomic E-state index is 0.273. The van der Waals surface area contributed by atoms with Crippen molar-refractivity contribution < 1.29 is 19.5 Å². The lowest BCUT2D eigenvalue weighted by atomic mass is 9.76. The molecule has 4 rings (SSSR count). The van der Waals surface area contributed by atoms with Crippen LogP contribution in [0.15, 0.2) is 18.2 Å². The van der Waals surface area contributed by atoms with Gasteiger partial charge in [0.2, 0.25) is 17.7 Å². The highest BCUT2D eigenvalue weighted by atomic mass is 35.5. The Labute approximate surface area is 162 Å². The number of hydrogen-bond acceptors (Lipinski definition) is 5. The fourth-order valence-electron chi connectivity index (χ4n) is 4.76. The van der Waals surface area contributed by atoms with Gasteiger partial charge in [-0.2, -0.15) is 0 Å². The van der Waals surface area contributed by atoms with Gasteiger partial charge < -0.3 is 10.4 Å². The Morgan fingerprint density at radius 3 is 2.59 bits per heavy atom.